The number of nitrogens with one attached hydrogen (secondary N) is 1. The predicted octanol–water partition coefficient (Wildman–Crippen LogP) is -0.654. The number of benzene rings is 1. The molecule has 1 aliphatic heterocycles. The Balaban J connectivity index is 0.00000112. The molecule has 0 saturated heterocycles. The first-order valence-electron chi connectivity index (χ1n) is 4.91. The van der Waals surface area contributed by atoms with Crippen molar-refractivity contribution >= 4 is 17.3 Å². The molecule has 0 bridgehead atoms. The number of likely N-dealkylation sites (N-methyl/N-ethyl adjacent to an activating group) is 1. The van der Waals surface area contributed by atoms with Gasteiger partial charge in [0.1, 0.15) is 6.54 Å². The molecule has 1 aromatic carbocycles. The molecule has 0 aromatic heterocycles. The lowest BCUT2D eigenvalue weighted by Crippen LogP contribution is -3.00. The zero-order chi connectivity index (χ0) is 10.2. The minimum Gasteiger partial charge on any atom is -1.00 e. The second-order valence-electron chi connectivity index (χ2n) is 4.55. The number of hydrogen-bond acceptors (Lipinski definition) is 1. The Morgan fingerprint density at radius 3 is 2.80 bits per heavy atom. The highest BCUT2D eigenvalue weighted by atomic mass is 127. The molecular weight excluding hydrogens is 322 g/mol. The van der Waals surface area contributed by atoms with Crippen LogP contribution in [-0.2, 0) is 6.54 Å². The third kappa shape index (κ3) is 3.23. The summed E-state index contributed by atoms with van der Waals surface area (Å²) < 4.78 is 1.01. The normalized spacial score (nSPS) is 18.1. The van der Waals surface area contributed by atoms with Crippen LogP contribution in [0.1, 0.15) is 5.56 Å². The third-order valence-electron chi connectivity index (χ3n) is 2.70. The van der Waals surface area contributed by atoms with Gasteiger partial charge in [-0.05, 0) is 18.2 Å². The molecular formula is C11H16ClIN2. The van der Waals surface area contributed by atoms with E-state index in [1.165, 1.54) is 11.3 Å². The highest BCUT2D eigenvalue weighted by Gasteiger charge is 2.21. The number of quaternary nitrogens is 1. The van der Waals surface area contributed by atoms with Gasteiger partial charge < -0.3 is 33.8 Å². The first kappa shape index (κ1) is 13.1. The van der Waals surface area contributed by atoms with Gasteiger partial charge in [0.2, 0.25) is 0 Å². The van der Waals surface area contributed by atoms with Crippen LogP contribution in [0.5, 0.6) is 0 Å². The molecule has 15 heavy (non-hydrogen) atoms. The lowest BCUT2D eigenvalue weighted by atomic mass is 10.1. The van der Waals surface area contributed by atoms with Crippen molar-refractivity contribution in [3.63, 3.8) is 0 Å². The van der Waals surface area contributed by atoms with Crippen molar-refractivity contribution in [1.29, 1.82) is 0 Å². The number of fused-ring (bicyclic) bond motifs is 1. The minimum absolute atomic E-state index is 0. The molecule has 4 heteroatoms. The highest BCUT2D eigenvalue weighted by Crippen LogP contribution is 2.25. The molecule has 0 atom stereocenters. The van der Waals surface area contributed by atoms with Gasteiger partial charge in [0.15, 0.2) is 0 Å². The summed E-state index contributed by atoms with van der Waals surface area (Å²) in [6.45, 7) is 3.22. The van der Waals surface area contributed by atoms with Crippen molar-refractivity contribution in [3.8, 4) is 0 Å². The van der Waals surface area contributed by atoms with E-state index in [0.29, 0.717) is 0 Å². The minimum atomic E-state index is 0. The summed E-state index contributed by atoms with van der Waals surface area (Å²) >= 11 is 5.99. The smallest absolute Gasteiger partial charge is 0.106 e. The van der Waals surface area contributed by atoms with Crippen molar-refractivity contribution in [2.24, 2.45) is 0 Å². The Bertz CT molecular complexity index is 352. The Kier molecular flexibility index (Phi) is 4.26. The van der Waals surface area contributed by atoms with Gasteiger partial charge >= 0.3 is 0 Å². The molecule has 0 aliphatic carbocycles. The Morgan fingerprint density at radius 1 is 1.33 bits per heavy atom. The van der Waals surface area contributed by atoms with Crippen molar-refractivity contribution in [3.05, 3.63) is 28.8 Å². The number of anilines is 1. The van der Waals surface area contributed by atoms with E-state index in [4.69, 9.17) is 11.6 Å². The van der Waals surface area contributed by atoms with Crippen LogP contribution in [0.25, 0.3) is 0 Å². The maximum atomic E-state index is 5.99. The van der Waals surface area contributed by atoms with Crippen LogP contribution in [0, 0.1) is 0 Å². The van der Waals surface area contributed by atoms with Crippen molar-refractivity contribution < 1.29 is 28.5 Å². The van der Waals surface area contributed by atoms with Gasteiger partial charge in [0.05, 0.1) is 27.2 Å². The van der Waals surface area contributed by atoms with Crippen LogP contribution in [0.2, 0.25) is 5.02 Å². The van der Waals surface area contributed by atoms with Gasteiger partial charge in [-0.15, -0.1) is 0 Å². The summed E-state index contributed by atoms with van der Waals surface area (Å²) in [6.07, 6.45) is 0. The van der Waals surface area contributed by atoms with Crippen LogP contribution in [0.3, 0.4) is 0 Å². The van der Waals surface area contributed by atoms with E-state index in [9.17, 15) is 0 Å². The molecule has 1 aromatic rings. The molecule has 84 valence electrons. The molecule has 0 radical (unpaired) electrons. The van der Waals surface area contributed by atoms with E-state index in [1.54, 1.807) is 0 Å². The van der Waals surface area contributed by atoms with E-state index >= 15 is 0 Å². The Labute approximate surface area is 113 Å². The average molecular weight is 339 g/mol. The van der Waals surface area contributed by atoms with Crippen molar-refractivity contribution in [1.82, 2.24) is 0 Å². The fourth-order valence-corrected chi connectivity index (χ4v) is 2.09. The molecule has 1 N–H and O–H groups in total. The maximum absolute atomic E-state index is 5.99. The fraction of sp³-hybridized carbons (Fsp3) is 0.455. The third-order valence-corrected chi connectivity index (χ3v) is 2.93. The first-order valence-corrected chi connectivity index (χ1v) is 5.29. The molecule has 1 heterocycles. The molecule has 0 saturated carbocycles. The van der Waals surface area contributed by atoms with E-state index in [1.807, 2.05) is 6.07 Å². The van der Waals surface area contributed by atoms with E-state index < -0.39 is 0 Å². The van der Waals surface area contributed by atoms with Crippen LogP contribution in [0.15, 0.2) is 18.2 Å². The second-order valence-corrected chi connectivity index (χ2v) is 4.98. The molecule has 0 amide bonds. The lowest BCUT2D eigenvalue weighted by Gasteiger charge is -2.27. The lowest BCUT2D eigenvalue weighted by molar-refractivity contribution is -0.901. The van der Waals surface area contributed by atoms with E-state index in [0.717, 1.165) is 29.1 Å². The standard InChI is InChI=1S/C11H16ClN2.HI/c1-14(2)6-5-13-11-4-3-10(12)7-9(11)8-14;/h3-4,7,13H,5-6,8H2,1-2H3;1H/q+1;/p-1. The van der Waals surface area contributed by atoms with Crippen molar-refractivity contribution in [2.75, 3.05) is 32.5 Å². The molecule has 2 rings (SSSR count). The predicted molar refractivity (Wildman–Crippen MR) is 60.6 cm³/mol. The van der Waals surface area contributed by atoms with Gasteiger partial charge in [-0.3, -0.25) is 0 Å². The van der Waals surface area contributed by atoms with Gasteiger partial charge in [0.25, 0.3) is 0 Å². The zero-order valence-corrected chi connectivity index (χ0v) is 12.0. The summed E-state index contributed by atoms with van der Waals surface area (Å²) in [6, 6.07) is 6.08. The first-order chi connectivity index (χ1) is 6.57. The second kappa shape index (κ2) is 4.89. The quantitative estimate of drug-likeness (QED) is 0.489. The molecule has 0 unspecified atom stereocenters. The van der Waals surface area contributed by atoms with Gasteiger partial charge in [-0.25, -0.2) is 0 Å². The number of halogens is 2. The maximum Gasteiger partial charge on any atom is 0.106 e. The van der Waals surface area contributed by atoms with Crippen LogP contribution in [0.4, 0.5) is 5.69 Å². The topological polar surface area (TPSA) is 12.0 Å². The largest absolute Gasteiger partial charge is 1.00 e. The Hall–Kier alpha value is -0.000000000000000111. The van der Waals surface area contributed by atoms with E-state index in [-0.39, 0.29) is 24.0 Å². The summed E-state index contributed by atoms with van der Waals surface area (Å²) in [5.41, 5.74) is 2.55. The van der Waals surface area contributed by atoms with Crippen LogP contribution >= 0.6 is 11.6 Å². The summed E-state index contributed by atoms with van der Waals surface area (Å²) in [7, 11) is 4.50. The summed E-state index contributed by atoms with van der Waals surface area (Å²) in [5.74, 6) is 0. The van der Waals surface area contributed by atoms with E-state index in [2.05, 4.69) is 31.5 Å². The van der Waals surface area contributed by atoms with Gasteiger partial charge in [-0.2, -0.15) is 0 Å². The number of rotatable bonds is 0. The summed E-state index contributed by atoms with van der Waals surface area (Å²) in [4.78, 5) is 0. The van der Waals surface area contributed by atoms with Gasteiger partial charge in [0, 0.05) is 16.3 Å². The molecule has 0 fully saturated rings. The number of hydrogen-bond donors (Lipinski definition) is 1. The SMILES string of the molecule is C[N+]1(C)CCNc2ccc(Cl)cc2C1.[I-]. The fourth-order valence-electron chi connectivity index (χ4n) is 1.90. The monoisotopic (exact) mass is 338 g/mol. The van der Waals surface area contributed by atoms with Crippen LogP contribution in [-0.4, -0.2) is 31.7 Å². The van der Waals surface area contributed by atoms with Gasteiger partial charge in [-0.1, -0.05) is 11.6 Å². The molecule has 2 nitrogen and oxygen atoms in total. The molecule has 0 spiro atoms. The van der Waals surface area contributed by atoms with Crippen LogP contribution < -0.4 is 29.3 Å². The van der Waals surface area contributed by atoms with Crippen molar-refractivity contribution in [2.45, 2.75) is 6.54 Å². The number of nitrogens with zero attached hydrogens (tertiary/aromatic N) is 1. The molecule has 1 aliphatic rings. The zero-order valence-electron chi connectivity index (χ0n) is 9.06. The highest BCUT2D eigenvalue weighted by molar-refractivity contribution is 6.30. The summed E-state index contributed by atoms with van der Waals surface area (Å²) in [5, 5.41) is 4.26. The average Bonchev–Trinajstić information content (AvgIpc) is 2.21. The Morgan fingerprint density at radius 2 is 2.07 bits per heavy atom.